The summed E-state index contributed by atoms with van der Waals surface area (Å²) in [5.41, 5.74) is 2.30. The van der Waals surface area contributed by atoms with E-state index in [0.717, 1.165) is 16.8 Å². The van der Waals surface area contributed by atoms with Gasteiger partial charge in [0.05, 0.1) is 13.7 Å². The van der Waals surface area contributed by atoms with E-state index in [0.29, 0.717) is 0 Å². The van der Waals surface area contributed by atoms with E-state index in [1.807, 2.05) is 6.07 Å². The summed E-state index contributed by atoms with van der Waals surface area (Å²) in [7, 11) is 1.35. The van der Waals surface area contributed by atoms with E-state index in [2.05, 4.69) is 10.3 Å². The molecule has 1 atom stereocenters. The van der Waals surface area contributed by atoms with Gasteiger partial charge in [0.2, 0.25) is 0 Å². The number of carbonyl (C=O) groups is 1. The molecule has 0 aliphatic carbocycles. The molecule has 2 aromatic rings. The molecule has 5 nitrogen and oxygen atoms in total. The maximum atomic E-state index is 11.9. The summed E-state index contributed by atoms with van der Waals surface area (Å²) >= 11 is 0. The number of hydrogen-bond acceptors (Lipinski definition) is 5. The van der Waals surface area contributed by atoms with Gasteiger partial charge in [-0.2, -0.15) is 0 Å². The Hall–Kier alpha value is -2.40. The number of pyridine rings is 1. The van der Waals surface area contributed by atoms with Crippen molar-refractivity contribution in [1.29, 1.82) is 0 Å². The van der Waals surface area contributed by atoms with Gasteiger partial charge in [-0.1, -0.05) is 18.2 Å². The highest BCUT2D eigenvalue weighted by Crippen LogP contribution is 2.20. The molecule has 104 valence electrons. The second kappa shape index (κ2) is 6.68. The Morgan fingerprint density at radius 1 is 1.35 bits per heavy atom. The zero-order chi connectivity index (χ0) is 14.4. The van der Waals surface area contributed by atoms with Crippen molar-refractivity contribution in [3.05, 3.63) is 59.9 Å². The van der Waals surface area contributed by atoms with E-state index >= 15 is 0 Å². The van der Waals surface area contributed by atoms with Gasteiger partial charge >= 0.3 is 5.97 Å². The molecular weight excluding hydrogens is 256 g/mol. The summed E-state index contributed by atoms with van der Waals surface area (Å²) in [5.74, 6) is -0.385. The second-order valence-corrected chi connectivity index (χ2v) is 4.24. The molecule has 0 saturated carbocycles. The molecule has 1 aromatic carbocycles. The third kappa shape index (κ3) is 3.33. The minimum absolute atomic E-state index is 0.0106. The average Bonchev–Trinajstić information content (AvgIpc) is 2.53. The van der Waals surface area contributed by atoms with Gasteiger partial charge in [-0.3, -0.25) is 4.98 Å². The molecule has 5 heteroatoms. The number of benzene rings is 1. The Morgan fingerprint density at radius 3 is 2.65 bits per heavy atom. The van der Waals surface area contributed by atoms with Crippen molar-refractivity contribution >= 4 is 11.7 Å². The molecule has 1 heterocycles. The molecule has 0 saturated heterocycles. The number of ether oxygens (including phenoxy) is 1. The molecule has 2 N–H and O–H groups in total. The summed E-state index contributed by atoms with van der Waals surface area (Å²) in [5, 5.41) is 12.1. The molecule has 20 heavy (non-hydrogen) atoms. The number of anilines is 1. The van der Waals surface area contributed by atoms with Crippen molar-refractivity contribution in [2.75, 3.05) is 12.4 Å². The summed E-state index contributed by atoms with van der Waals surface area (Å²) in [6.07, 6.45) is 3.27. The minimum atomic E-state index is -0.617. The quantitative estimate of drug-likeness (QED) is 0.813. The summed E-state index contributed by atoms with van der Waals surface area (Å²) in [6, 6.07) is 10.1. The number of esters is 1. The van der Waals surface area contributed by atoms with Crippen LogP contribution in [-0.2, 0) is 16.1 Å². The normalized spacial score (nSPS) is 11.7. The van der Waals surface area contributed by atoms with Crippen molar-refractivity contribution in [3.63, 3.8) is 0 Å². The van der Waals surface area contributed by atoms with Gasteiger partial charge in [-0.15, -0.1) is 0 Å². The van der Waals surface area contributed by atoms with Crippen molar-refractivity contribution in [2.24, 2.45) is 0 Å². The highest BCUT2D eigenvalue weighted by atomic mass is 16.5. The van der Waals surface area contributed by atoms with Crippen molar-refractivity contribution in [1.82, 2.24) is 4.98 Å². The Morgan fingerprint density at radius 2 is 2.10 bits per heavy atom. The minimum Gasteiger partial charge on any atom is -0.467 e. The van der Waals surface area contributed by atoms with Crippen LogP contribution in [-0.4, -0.2) is 23.2 Å². The molecule has 2 rings (SSSR count). The van der Waals surface area contributed by atoms with Gasteiger partial charge in [0, 0.05) is 23.6 Å². The average molecular weight is 272 g/mol. The van der Waals surface area contributed by atoms with Crippen molar-refractivity contribution in [2.45, 2.75) is 12.6 Å². The fourth-order valence-electron chi connectivity index (χ4n) is 1.82. The van der Waals surface area contributed by atoms with Crippen LogP contribution in [0.4, 0.5) is 5.69 Å². The number of aliphatic hydroxyl groups is 1. The van der Waals surface area contributed by atoms with Crippen LogP contribution in [0.3, 0.4) is 0 Å². The third-order valence-corrected chi connectivity index (χ3v) is 2.90. The fourth-order valence-corrected chi connectivity index (χ4v) is 1.82. The molecule has 0 radical (unpaired) electrons. The maximum Gasteiger partial charge on any atom is 0.333 e. The van der Waals surface area contributed by atoms with Gasteiger partial charge in [0.25, 0.3) is 0 Å². The monoisotopic (exact) mass is 272 g/mol. The molecule has 0 amide bonds. The van der Waals surface area contributed by atoms with Crippen LogP contribution in [0.2, 0.25) is 0 Å². The zero-order valence-electron chi connectivity index (χ0n) is 11.1. The highest BCUT2D eigenvalue weighted by Gasteiger charge is 2.21. The van der Waals surface area contributed by atoms with Gasteiger partial charge < -0.3 is 15.2 Å². The molecule has 0 fully saturated rings. The largest absolute Gasteiger partial charge is 0.467 e. The summed E-state index contributed by atoms with van der Waals surface area (Å²) < 4.78 is 4.81. The predicted molar refractivity (Wildman–Crippen MR) is 75.0 cm³/mol. The van der Waals surface area contributed by atoms with Crippen LogP contribution in [0, 0.1) is 0 Å². The van der Waals surface area contributed by atoms with E-state index in [1.54, 1.807) is 42.7 Å². The van der Waals surface area contributed by atoms with Crippen LogP contribution in [0.25, 0.3) is 0 Å². The lowest BCUT2D eigenvalue weighted by Crippen LogP contribution is -2.22. The van der Waals surface area contributed by atoms with Gasteiger partial charge in [-0.05, 0) is 23.8 Å². The number of carbonyl (C=O) groups excluding carboxylic acids is 1. The van der Waals surface area contributed by atoms with Crippen LogP contribution in [0.5, 0.6) is 0 Å². The number of hydrogen-bond donors (Lipinski definition) is 2. The first-order valence-corrected chi connectivity index (χ1v) is 6.18. The number of nitrogens with zero attached hydrogens (tertiary/aromatic N) is 1. The van der Waals surface area contributed by atoms with Crippen molar-refractivity contribution in [3.8, 4) is 0 Å². The smallest absolute Gasteiger partial charge is 0.333 e. The number of rotatable bonds is 5. The molecule has 0 aliphatic rings. The van der Waals surface area contributed by atoms with E-state index in [9.17, 15) is 4.79 Å². The molecule has 0 unspecified atom stereocenters. The summed E-state index contributed by atoms with van der Waals surface area (Å²) in [4.78, 5) is 15.9. The first-order valence-electron chi connectivity index (χ1n) is 6.18. The first kappa shape index (κ1) is 14.0. The molecular formula is C15H16N2O3. The lowest BCUT2D eigenvalue weighted by Gasteiger charge is -2.17. The van der Waals surface area contributed by atoms with Crippen LogP contribution in [0.1, 0.15) is 17.2 Å². The Bertz CT molecular complexity index is 555. The predicted octanol–water partition coefficient (Wildman–Crippen LogP) is 1.90. The number of aliphatic hydroxyl groups excluding tert-OH is 1. The van der Waals surface area contributed by atoms with Crippen LogP contribution < -0.4 is 5.32 Å². The molecule has 0 spiro atoms. The number of methoxy groups -OCH3 is 1. The number of aromatic nitrogens is 1. The standard InChI is InChI=1S/C15H16N2O3/c1-20-15(19)14(12-3-2-8-16-9-12)17-13-6-4-11(10-18)5-7-13/h2-9,14,17-18H,10H2,1H3/t14-/m1/s1. The zero-order valence-corrected chi connectivity index (χ0v) is 11.1. The fraction of sp³-hybridized carbons (Fsp3) is 0.200. The van der Waals surface area contributed by atoms with Crippen LogP contribution >= 0.6 is 0 Å². The third-order valence-electron chi connectivity index (χ3n) is 2.90. The summed E-state index contributed by atoms with van der Waals surface area (Å²) in [6.45, 7) is -0.0106. The van der Waals surface area contributed by atoms with Crippen molar-refractivity contribution < 1.29 is 14.6 Å². The lowest BCUT2D eigenvalue weighted by atomic mass is 10.1. The second-order valence-electron chi connectivity index (χ2n) is 4.24. The van der Waals surface area contributed by atoms with Gasteiger partial charge in [-0.25, -0.2) is 4.79 Å². The topological polar surface area (TPSA) is 71.5 Å². The molecule has 0 bridgehead atoms. The first-order chi connectivity index (χ1) is 9.74. The van der Waals surface area contributed by atoms with E-state index < -0.39 is 6.04 Å². The molecule has 1 aromatic heterocycles. The number of nitrogens with one attached hydrogen (secondary N) is 1. The maximum absolute atomic E-state index is 11.9. The van der Waals surface area contributed by atoms with Gasteiger partial charge in [0.1, 0.15) is 0 Å². The molecule has 0 aliphatic heterocycles. The highest BCUT2D eigenvalue weighted by molar-refractivity contribution is 5.80. The van der Waals surface area contributed by atoms with E-state index in [1.165, 1.54) is 7.11 Å². The van der Waals surface area contributed by atoms with Gasteiger partial charge in [0.15, 0.2) is 6.04 Å². The van der Waals surface area contributed by atoms with E-state index in [-0.39, 0.29) is 12.6 Å². The Kier molecular flexibility index (Phi) is 4.68. The Labute approximate surface area is 117 Å². The lowest BCUT2D eigenvalue weighted by molar-refractivity contribution is -0.141. The Balaban J connectivity index is 2.21. The van der Waals surface area contributed by atoms with E-state index in [4.69, 9.17) is 9.84 Å². The SMILES string of the molecule is COC(=O)[C@H](Nc1ccc(CO)cc1)c1cccnc1. The van der Waals surface area contributed by atoms with Crippen LogP contribution in [0.15, 0.2) is 48.8 Å².